The van der Waals surface area contributed by atoms with E-state index >= 15 is 0 Å². The summed E-state index contributed by atoms with van der Waals surface area (Å²) in [7, 11) is 1.82. The number of aryl methyl sites for hydroxylation is 1. The van der Waals surface area contributed by atoms with E-state index in [1.54, 1.807) is 18.4 Å². The van der Waals surface area contributed by atoms with Gasteiger partial charge >= 0.3 is 5.97 Å². The number of esters is 1. The molecule has 130 valence electrons. The van der Waals surface area contributed by atoms with Crippen LogP contribution in [0.15, 0.2) is 0 Å². The molecule has 1 aromatic heterocycles. The first-order valence-electron chi connectivity index (χ1n) is 8.80. The molecule has 1 aliphatic carbocycles. The average molecular weight is 322 g/mol. The van der Waals surface area contributed by atoms with Crippen LogP contribution in [0, 0.1) is 5.92 Å². The molecule has 1 heterocycles. The quantitative estimate of drug-likeness (QED) is 0.816. The van der Waals surface area contributed by atoms with Crippen LogP contribution in [0.3, 0.4) is 0 Å². The lowest BCUT2D eigenvalue weighted by Gasteiger charge is -2.22. The standard InChI is InChI=1S/C18H30N2O3/c1-5-9-14-19-16(18(2,3)22)15(20(14)4)17(21)23-12-13-10-7-6-8-11-13/h13,22H,5-12H2,1-4H3. The van der Waals surface area contributed by atoms with Crippen molar-refractivity contribution in [1.29, 1.82) is 0 Å². The number of aromatic nitrogens is 2. The molecule has 0 aromatic carbocycles. The second-order valence-corrected chi connectivity index (χ2v) is 7.20. The lowest BCUT2D eigenvalue weighted by Crippen LogP contribution is -2.24. The maximum Gasteiger partial charge on any atom is 0.357 e. The molecule has 1 saturated carbocycles. The topological polar surface area (TPSA) is 64.3 Å². The minimum Gasteiger partial charge on any atom is -0.461 e. The Morgan fingerprint density at radius 3 is 2.57 bits per heavy atom. The highest BCUT2D eigenvalue weighted by Gasteiger charge is 2.31. The molecule has 23 heavy (non-hydrogen) atoms. The molecule has 0 radical (unpaired) electrons. The van der Waals surface area contributed by atoms with Gasteiger partial charge in [0.1, 0.15) is 17.1 Å². The summed E-state index contributed by atoms with van der Waals surface area (Å²) in [4.78, 5) is 17.1. The molecule has 0 amide bonds. The maximum absolute atomic E-state index is 12.6. The summed E-state index contributed by atoms with van der Waals surface area (Å²) >= 11 is 0. The average Bonchev–Trinajstić information content (AvgIpc) is 2.84. The first-order chi connectivity index (χ1) is 10.8. The SMILES string of the molecule is CCCc1nc(C(C)(C)O)c(C(=O)OCC2CCCCC2)n1C. The van der Waals surface area contributed by atoms with Gasteiger partial charge in [-0.1, -0.05) is 26.2 Å². The van der Waals surface area contributed by atoms with Gasteiger partial charge in [0, 0.05) is 13.5 Å². The molecule has 1 aliphatic rings. The van der Waals surface area contributed by atoms with Crippen molar-refractivity contribution in [2.75, 3.05) is 6.61 Å². The zero-order valence-electron chi connectivity index (χ0n) is 14.9. The lowest BCUT2D eigenvalue weighted by molar-refractivity contribution is 0.0367. The minimum absolute atomic E-state index is 0.370. The van der Waals surface area contributed by atoms with E-state index in [0.29, 0.717) is 23.9 Å². The Hall–Kier alpha value is -1.36. The van der Waals surface area contributed by atoms with E-state index in [9.17, 15) is 9.90 Å². The predicted molar refractivity (Wildman–Crippen MR) is 89.3 cm³/mol. The molecule has 0 bridgehead atoms. The highest BCUT2D eigenvalue weighted by molar-refractivity contribution is 5.89. The smallest absolute Gasteiger partial charge is 0.357 e. The van der Waals surface area contributed by atoms with E-state index in [1.165, 1.54) is 19.3 Å². The first-order valence-corrected chi connectivity index (χ1v) is 8.80. The van der Waals surface area contributed by atoms with Gasteiger partial charge in [0.25, 0.3) is 0 Å². The van der Waals surface area contributed by atoms with Crippen molar-refractivity contribution < 1.29 is 14.6 Å². The molecule has 0 aliphatic heterocycles. The molecule has 1 fully saturated rings. The molecule has 0 unspecified atom stereocenters. The predicted octanol–water partition coefficient (Wildman–Crippen LogP) is 3.34. The van der Waals surface area contributed by atoms with E-state index in [0.717, 1.165) is 31.5 Å². The van der Waals surface area contributed by atoms with Gasteiger partial charge < -0.3 is 14.4 Å². The van der Waals surface area contributed by atoms with E-state index in [2.05, 4.69) is 11.9 Å². The van der Waals surface area contributed by atoms with Crippen LogP contribution < -0.4 is 0 Å². The van der Waals surface area contributed by atoms with Crippen LogP contribution in [0.2, 0.25) is 0 Å². The van der Waals surface area contributed by atoms with E-state index in [-0.39, 0.29) is 5.97 Å². The summed E-state index contributed by atoms with van der Waals surface area (Å²) in [5, 5.41) is 10.4. The van der Waals surface area contributed by atoms with Gasteiger partial charge in [-0.15, -0.1) is 0 Å². The van der Waals surface area contributed by atoms with Gasteiger partial charge in [-0.2, -0.15) is 0 Å². The molecule has 5 heteroatoms. The van der Waals surface area contributed by atoms with Crippen LogP contribution in [-0.2, 0) is 23.8 Å². The third-order valence-electron chi connectivity index (χ3n) is 4.61. The van der Waals surface area contributed by atoms with Crippen molar-refractivity contribution in [2.45, 2.75) is 71.3 Å². The summed E-state index contributed by atoms with van der Waals surface area (Å²) in [6, 6.07) is 0. The third kappa shape index (κ3) is 4.34. The molecule has 0 spiro atoms. The third-order valence-corrected chi connectivity index (χ3v) is 4.61. The van der Waals surface area contributed by atoms with E-state index in [4.69, 9.17) is 4.74 Å². The zero-order valence-corrected chi connectivity index (χ0v) is 14.9. The zero-order chi connectivity index (χ0) is 17.0. The van der Waals surface area contributed by atoms with Crippen molar-refractivity contribution in [3.05, 3.63) is 17.2 Å². The Labute approximate surface area is 139 Å². The van der Waals surface area contributed by atoms with Gasteiger partial charge in [-0.25, -0.2) is 9.78 Å². The lowest BCUT2D eigenvalue weighted by atomic mass is 9.90. The summed E-state index contributed by atoms with van der Waals surface area (Å²) < 4.78 is 7.34. The molecule has 1 aromatic rings. The van der Waals surface area contributed by atoms with Gasteiger partial charge in [-0.3, -0.25) is 0 Å². The fourth-order valence-electron chi connectivity index (χ4n) is 3.27. The number of rotatable bonds is 6. The van der Waals surface area contributed by atoms with Crippen molar-refractivity contribution in [3.63, 3.8) is 0 Å². The molecule has 0 saturated heterocycles. The van der Waals surface area contributed by atoms with Crippen LogP contribution in [0.4, 0.5) is 0 Å². The number of carbonyl (C=O) groups is 1. The van der Waals surface area contributed by atoms with Crippen LogP contribution in [0.25, 0.3) is 0 Å². The number of hydrogen-bond donors (Lipinski definition) is 1. The van der Waals surface area contributed by atoms with Crippen molar-refractivity contribution in [3.8, 4) is 0 Å². The number of aliphatic hydroxyl groups is 1. The van der Waals surface area contributed by atoms with E-state index < -0.39 is 5.60 Å². The molecule has 5 nitrogen and oxygen atoms in total. The minimum atomic E-state index is -1.16. The number of nitrogens with zero attached hydrogens (tertiary/aromatic N) is 2. The number of imidazole rings is 1. The number of hydrogen-bond acceptors (Lipinski definition) is 4. The van der Waals surface area contributed by atoms with Gasteiger partial charge in [0.05, 0.1) is 6.61 Å². The first kappa shape index (κ1) is 18.0. The monoisotopic (exact) mass is 322 g/mol. The molecule has 0 atom stereocenters. The van der Waals surface area contributed by atoms with Crippen molar-refractivity contribution in [1.82, 2.24) is 9.55 Å². The van der Waals surface area contributed by atoms with Gasteiger partial charge in [0.2, 0.25) is 0 Å². The molecular weight excluding hydrogens is 292 g/mol. The van der Waals surface area contributed by atoms with Crippen LogP contribution in [0.1, 0.15) is 81.3 Å². The Morgan fingerprint density at radius 2 is 2.00 bits per heavy atom. The summed E-state index contributed by atoms with van der Waals surface area (Å²) in [6.45, 7) is 5.85. The second-order valence-electron chi connectivity index (χ2n) is 7.20. The second kappa shape index (κ2) is 7.47. The largest absolute Gasteiger partial charge is 0.461 e. The molecule has 2 rings (SSSR count). The van der Waals surface area contributed by atoms with Crippen LogP contribution in [-0.4, -0.2) is 27.2 Å². The number of ether oxygens (including phenoxy) is 1. The van der Waals surface area contributed by atoms with Crippen LogP contribution in [0.5, 0.6) is 0 Å². The Bertz CT molecular complexity index is 537. The summed E-state index contributed by atoms with van der Waals surface area (Å²) in [5.41, 5.74) is -0.364. The van der Waals surface area contributed by atoms with Crippen molar-refractivity contribution in [2.24, 2.45) is 13.0 Å². The van der Waals surface area contributed by atoms with Crippen LogP contribution >= 0.6 is 0 Å². The fourth-order valence-corrected chi connectivity index (χ4v) is 3.27. The Kier molecular flexibility index (Phi) is 5.84. The summed E-state index contributed by atoms with van der Waals surface area (Å²) in [6.07, 6.45) is 7.72. The highest BCUT2D eigenvalue weighted by atomic mass is 16.5. The van der Waals surface area contributed by atoms with Gasteiger partial charge in [-0.05, 0) is 39.0 Å². The summed E-state index contributed by atoms with van der Waals surface area (Å²) in [5.74, 6) is 0.918. The Morgan fingerprint density at radius 1 is 1.35 bits per heavy atom. The van der Waals surface area contributed by atoms with Crippen molar-refractivity contribution >= 4 is 5.97 Å². The maximum atomic E-state index is 12.6. The number of carbonyl (C=O) groups excluding carboxylic acids is 1. The molecule has 1 N–H and O–H groups in total. The highest BCUT2D eigenvalue weighted by Crippen LogP contribution is 2.27. The molecular formula is C18H30N2O3. The normalized spacial score (nSPS) is 16.6. The fraction of sp³-hybridized carbons (Fsp3) is 0.778. The van der Waals surface area contributed by atoms with E-state index in [1.807, 2.05) is 7.05 Å². The van der Waals surface area contributed by atoms with Gasteiger partial charge in [0.15, 0.2) is 5.69 Å². The Balaban J connectivity index is 2.17.